The normalized spacial score (nSPS) is 28.8. The summed E-state index contributed by atoms with van der Waals surface area (Å²) in [5, 5.41) is 0. The van der Waals surface area contributed by atoms with Gasteiger partial charge in [0.2, 0.25) is 5.91 Å². The van der Waals surface area contributed by atoms with Gasteiger partial charge in [-0.15, -0.1) is 0 Å². The summed E-state index contributed by atoms with van der Waals surface area (Å²) in [5.74, 6) is 4.18. The minimum Gasteiger partial charge on any atom is -0.342 e. The predicted octanol–water partition coefficient (Wildman–Crippen LogP) is 3.74. The van der Waals surface area contributed by atoms with Crippen molar-refractivity contribution in [3.8, 4) is 0 Å². The Hall–Kier alpha value is -0.570. The highest BCUT2D eigenvalue weighted by atomic mass is 16.2. The molecule has 3 heteroatoms. The quantitative estimate of drug-likeness (QED) is 0.787. The number of likely N-dealkylation sites (tertiary alicyclic amines) is 2. The van der Waals surface area contributed by atoms with E-state index in [1.807, 2.05) is 13.8 Å². The van der Waals surface area contributed by atoms with Gasteiger partial charge < -0.3 is 9.80 Å². The van der Waals surface area contributed by atoms with Crippen molar-refractivity contribution in [1.82, 2.24) is 9.80 Å². The number of piperidine rings is 2. The molecule has 0 aromatic heterocycles. The molecule has 3 nitrogen and oxygen atoms in total. The Morgan fingerprint density at radius 2 is 1.52 bits per heavy atom. The Morgan fingerprint density at radius 1 is 1.00 bits per heavy atom. The van der Waals surface area contributed by atoms with Crippen LogP contribution >= 0.6 is 0 Å². The zero-order valence-electron chi connectivity index (χ0n) is 16.2. The first-order valence-corrected chi connectivity index (χ1v) is 9.80. The fraction of sp³-hybridized carbons (Fsp3) is 0.950. The predicted molar refractivity (Wildman–Crippen MR) is 97.2 cm³/mol. The first-order valence-electron chi connectivity index (χ1n) is 9.80. The number of hydrogen-bond donors (Lipinski definition) is 0. The summed E-state index contributed by atoms with van der Waals surface area (Å²) in [6.07, 6.45) is 2.73. The second-order valence-electron chi connectivity index (χ2n) is 8.90. The number of carbonyl (C=O) groups is 1. The second kappa shape index (κ2) is 8.00. The summed E-state index contributed by atoms with van der Waals surface area (Å²) in [6, 6.07) is 0. The molecular weight excluding hydrogens is 284 g/mol. The van der Waals surface area contributed by atoms with Gasteiger partial charge in [0.25, 0.3) is 0 Å². The lowest BCUT2D eigenvalue weighted by Crippen LogP contribution is -2.52. The molecule has 2 rings (SSSR count). The van der Waals surface area contributed by atoms with E-state index < -0.39 is 0 Å². The van der Waals surface area contributed by atoms with Gasteiger partial charge in [-0.25, -0.2) is 0 Å². The van der Waals surface area contributed by atoms with Crippen molar-refractivity contribution < 1.29 is 4.79 Å². The molecule has 0 aliphatic carbocycles. The van der Waals surface area contributed by atoms with Crippen LogP contribution in [0.1, 0.15) is 54.4 Å². The van der Waals surface area contributed by atoms with Gasteiger partial charge in [-0.1, -0.05) is 41.5 Å². The van der Waals surface area contributed by atoms with Crippen molar-refractivity contribution >= 4 is 5.91 Å². The summed E-state index contributed by atoms with van der Waals surface area (Å²) < 4.78 is 0. The van der Waals surface area contributed by atoms with E-state index in [9.17, 15) is 4.79 Å². The van der Waals surface area contributed by atoms with Crippen LogP contribution in [-0.2, 0) is 4.79 Å². The molecule has 0 radical (unpaired) electrons. The molecule has 0 spiro atoms. The molecule has 0 unspecified atom stereocenters. The average Bonchev–Trinajstić information content (AvgIpc) is 2.50. The molecular formula is C20H38N2O. The van der Waals surface area contributed by atoms with Gasteiger partial charge in [0, 0.05) is 25.6 Å². The summed E-state index contributed by atoms with van der Waals surface area (Å²) in [4.78, 5) is 17.1. The summed E-state index contributed by atoms with van der Waals surface area (Å²) in [6.45, 7) is 19.1. The number of hydrogen-bond acceptors (Lipinski definition) is 2. The lowest BCUT2D eigenvalue weighted by Gasteiger charge is -2.45. The Bertz CT molecular complexity index is 373. The van der Waals surface area contributed by atoms with E-state index in [1.54, 1.807) is 0 Å². The first kappa shape index (κ1) is 18.8. The molecule has 0 N–H and O–H groups in total. The minimum atomic E-state index is 0.126. The van der Waals surface area contributed by atoms with E-state index in [0.717, 1.165) is 30.8 Å². The highest BCUT2D eigenvalue weighted by Crippen LogP contribution is 2.32. The van der Waals surface area contributed by atoms with E-state index in [4.69, 9.17) is 0 Å². The van der Waals surface area contributed by atoms with Crippen LogP contribution in [0.15, 0.2) is 0 Å². The molecule has 0 aromatic carbocycles. The van der Waals surface area contributed by atoms with Crippen molar-refractivity contribution in [3.05, 3.63) is 0 Å². The fourth-order valence-corrected chi connectivity index (χ4v) is 4.61. The number of amides is 1. The maximum absolute atomic E-state index is 12.3. The van der Waals surface area contributed by atoms with Gasteiger partial charge in [-0.05, 0) is 55.5 Å². The van der Waals surface area contributed by atoms with Crippen LogP contribution in [0.4, 0.5) is 0 Å². The van der Waals surface area contributed by atoms with E-state index in [1.165, 1.54) is 32.5 Å². The molecule has 2 fully saturated rings. The van der Waals surface area contributed by atoms with Crippen LogP contribution in [-0.4, -0.2) is 48.4 Å². The van der Waals surface area contributed by atoms with Gasteiger partial charge in [-0.2, -0.15) is 0 Å². The first-order chi connectivity index (χ1) is 10.8. The molecule has 2 atom stereocenters. The topological polar surface area (TPSA) is 23.6 Å². The van der Waals surface area contributed by atoms with Gasteiger partial charge in [-0.3, -0.25) is 4.79 Å². The van der Waals surface area contributed by atoms with Crippen molar-refractivity contribution in [2.75, 3.05) is 32.7 Å². The zero-order valence-corrected chi connectivity index (χ0v) is 16.2. The lowest BCUT2D eigenvalue weighted by atomic mass is 9.78. The summed E-state index contributed by atoms with van der Waals surface area (Å²) in [5.41, 5.74) is 0. The fourth-order valence-electron chi connectivity index (χ4n) is 4.61. The molecule has 134 valence electrons. The zero-order chi connectivity index (χ0) is 17.1. The van der Waals surface area contributed by atoms with Crippen molar-refractivity contribution in [1.29, 1.82) is 0 Å². The molecule has 2 heterocycles. The molecule has 0 aromatic rings. The van der Waals surface area contributed by atoms with Crippen LogP contribution < -0.4 is 0 Å². The average molecular weight is 323 g/mol. The van der Waals surface area contributed by atoms with Crippen molar-refractivity contribution in [3.63, 3.8) is 0 Å². The van der Waals surface area contributed by atoms with Gasteiger partial charge in [0.1, 0.15) is 0 Å². The van der Waals surface area contributed by atoms with Crippen LogP contribution in [0.2, 0.25) is 0 Å². The molecule has 1 amide bonds. The second-order valence-corrected chi connectivity index (χ2v) is 8.90. The number of carbonyl (C=O) groups excluding carboxylic acids is 1. The highest BCUT2D eigenvalue weighted by Gasteiger charge is 2.36. The molecule has 2 aliphatic heterocycles. The Labute approximate surface area is 143 Å². The molecule has 0 saturated carbocycles. The smallest absolute Gasteiger partial charge is 0.225 e. The summed E-state index contributed by atoms with van der Waals surface area (Å²) in [7, 11) is 0. The monoisotopic (exact) mass is 322 g/mol. The minimum absolute atomic E-state index is 0.126. The van der Waals surface area contributed by atoms with Crippen molar-refractivity contribution in [2.24, 2.45) is 35.5 Å². The van der Waals surface area contributed by atoms with E-state index in [0.29, 0.717) is 17.7 Å². The maximum atomic E-state index is 12.3. The van der Waals surface area contributed by atoms with Crippen LogP contribution in [0.25, 0.3) is 0 Å². The number of nitrogens with zero attached hydrogens (tertiary/aromatic N) is 2. The molecule has 23 heavy (non-hydrogen) atoms. The van der Waals surface area contributed by atoms with Crippen LogP contribution in [0.5, 0.6) is 0 Å². The lowest BCUT2D eigenvalue weighted by molar-refractivity contribution is -0.138. The SMILES string of the molecule is CC(C)C(=O)N1C[C@@H](C)C(CN2CCC(C(C)C)CC2)[C@H](C)C1. The third-order valence-electron chi connectivity index (χ3n) is 6.33. The Morgan fingerprint density at radius 3 is 1.96 bits per heavy atom. The third kappa shape index (κ3) is 4.71. The standard InChI is InChI=1S/C20H38N2O/c1-14(2)18-7-9-21(10-8-18)13-19-16(5)11-22(12-17(19)6)20(23)15(3)4/h14-19H,7-13H2,1-6H3/t16-,17-/m1/s1. The largest absolute Gasteiger partial charge is 0.342 e. The highest BCUT2D eigenvalue weighted by molar-refractivity contribution is 5.78. The molecule has 2 aliphatic rings. The van der Waals surface area contributed by atoms with Gasteiger partial charge >= 0.3 is 0 Å². The van der Waals surface area contributed by atoms with E-state index >= 15 is 0 Å². The maximum Gasteiger partial charge on any atom is 0.225 e. The summed E-state index contributed by atoms with van der Waals surface area (Å²) >= 11 is 0. The van der Waals surface area contributed by atoms with Crippen molar-refractivity contribution in [2.45, 2.75) is 54.4 Å². The van der Waals surface area contributed by atoms with E-state index in [2.05, 4.69) is 37.5 Å². The third-order valence-corrected chi connectivity index (χ3v) is 6.33. The van der Waals surface area contributed by atoms with E-state index in [-0.39, 0.29) is 5.92 Å². The Balaban J connectivity index is 1.86. The van der Waals surface area contributed by atoms with Crippen LogP contribution in [0.3, 0.4) is 0 Å². The van der Waals surface area contributed by atoms with Crippen LogP contribution in [0, 0.1) is 35.5 Å². The Kier molecular flexibility index (Phi) is 6.53. The van der Waals surface area contributed by atoms with Gasteiger partial charge in [0.15, 0.2) is 0 Å². The van der Waals surface area contributed by atoms with Gasteiger partial charge in [0.05, 0.1) is 0 Å². The number of rotatable bonds is 4. The molecule has 2 saturated heterocycles. The molecule has 0 bridgehead atoms.